The van der Waals surface area contributed by atoms with Crippen LogP contribution in [-0.2, 0) is 16.0 Å². The quantitative estimate of drug-likeness (QED) is 0.896. The molecule has 0 aromatic heterocycles. The Morgan fingerprint density at radius 3 is 2.83 bits per heavy atom. The lowest BCUT2D eigenvalue weighted by molar-refractivity contribution is -0.132. The number of hydrogen-bond acceptors (Lipinski definition) is 2. The van der Waals surface area contributed by atoms with E-state index in [-0.39, 0.29) is 29.8 Å². The van der Waals surface area contributed by atoms with E-state index >= 15 is 0 Å². The number of carbonyl (C=O) groups is 2. The molecule has 1 aromatic carbocycles. The zero-order valence-corrected chi connectivity index (χ0v) is 14.8. The van der Waals surface area contributed by atoms with E-state index in [0.717, 1.165) is 24.8 Å². The van der Waals surface area contributed by atoms with Gasteiger partial charge in [0.05, 0.1) is 6.42 Å². The van der Waals surface area contributed by atoms with E-state index in [9.17, 15) is 9.59 Å². The van der Waals surface area contributed by atoms with Crippen molar-refractivity contribution in [3.8, 4) is 0 Å². The topological polar surface area (TPSA) is 58.2 Å². The third-order valence-electron chi connectivity index (χ3n) is 5.92. The second kappa shape index (κ2) is 6.96. The van der Waals surface area contributed by atoms with Crippen molar-refractivity contribution < 1.29 is 9.59 Å². The zero-order chi connectivity index (χ0) is 17.3. The van der Waals surface area contributed by atoms with Gasteiger partial charge in [0.25, 0.3) is 0 Å². The highest BCUT2D eigenvalue weighted by atomic mass is 16.2. The van der Waals surface area contributed by atoms with Crippen LogP contribution in [-0.4, -0.2) is 23.9 Å². The van der Waals surface area contributed by atoms with Crippen molar-refractivity contribution in [2.45, 2.75) is 58.5 Å². The van der Waals surface area contributed by atoms with E-state index in [1.54, 1.807) is 0 Å². The van der Waals surface area contributed by atoms with Gasteiger partial charge in [-0.1, -0.05) is 43.7 Å². The fourth-order valence-corrected chi connectivity index (χ4v) is 4.33. The lowest BCUT2D eigenvalue weighted by Gasteiger charge is -2.45. The highest BCUT2D eigenvalue weighted by molar-refractivity contribution is 5.80. The zero-order valence-electron chi connectivity index (χ0n) is 14.8. The van der Waals surface area contributed by atoms with Gasteiger partial charge in [0.15, 0.2) is 0 Å². The number of hydrogen-bond donors (Lipinski definition) is 2. The molecule has 2 fully saturated rings. The largest absolute Gasteiger partial charge is 0.353 e. The summed E-state index contributed by atoms with van der Waals surface area (Å²) in [4.78, 5) is 24.4. The molecule has 1 saturated carbocycles. The summed E-state index contributed by atoms with van der Waals surface area (Å²) in [5.41, 5.74) is 2.23. The monoisotopic (exact) mass is 328 g/mol. The van der Waals surface area contributed by atoms with Gasteiger partial charge in [-0.15, -0.1) is 0 Å². The lowest BCUT2D eigenvalue weighted by atomic mass is 9.68. The summed E-state index contributed by atoms with van der Waals surface area (Å²) in [6, 6.07) is 8.46. The number of amides is 2. The smallest absolute Gasteiger partial charge is 0.224 e. The van der Waals surface area contributed by atoms with Gasteiger partial charge in [-0.3, -0.25) is 9.59 Å². The number of benzene rings is 1. The summed E-state index contributed by atoms with van der Waals surface area (Å²) in [6.45, 7) is 6.25. The standard InChI is InChI=1S/C20H28N2O2/c1-12-5-4-6-15(9-12)10-19(23)21-16-7-8-17-13(2)14(3)20(24)22-18(17)11-16/h4-6,9,13-14,16-18H,7-8,10-11H2,1-3H3,(H,21,23)(H,22,24). The predicted molar refractivity (Wildman–Crippen MR) is 94.4 cm³/mol. The summed E-state index contributed by atoms with van der Waals surface area (Å²) in [5.74, 6) is 1.30. The van der Waals surface area contributed by atoms with Crippen LogP contribution in [0.15, 0.2) is 24.3 Å². The molecule has 3 rings (SSSR count). The van der Waals surface area contributed by atoms with Crippen molar-refractivity contribution >= 4 is 11.8 Å². The van der Waals surface area contributed by atoms with Crippen molar-refractivity contribution in [1.29, 1.82) is 0 Å². The number of fused-ring (bicyclic) bond motifs is 1. The Kier molecular flexibility index (Phi) is 4.93. The summed E-state index contributed by atoms with van der Waals surface area (Å²) < 4.78 is 0. The summed E-state index contributed by atoms with van der Waals surface area (Å²) in [5, 5.41) is 6.34. The number of rotatable bonds is 3. The van der Waals surface area contributed by atoms with Crippen LogP contribution in [0.4, 0.5) is 0 Å². The Hall–Kier alpha value is -1.84. The van der Waals surface area contributed by atoms with Gasteiger partial charge in [0.1, 0.15) is 0 Å². The van der Waals surface area contributed by atoms with Gasteiger partial charge < -0.3 is 10.6 Å². The van der Waals surface area contributed by atoms with Crippen LogP contribution in [0.3, 0.4) is 0 Å². The maximum absolute atomic E-state index is 12.3. The van der Waals surface area contributed by atoms with Crippen molar-refractivity contribution in [1.82, 2.24) is 10.6 Å². The highest BCUT2D eigenvalue weighted by Gasteiger charge is 2.42. The van der Waals surface area contributed by atoms with Crippen molar-refractivity contribution in [2.24, 2.45) is 17.8 Å². The molecule has 0 radical (unpaired) electrons. The minimum absolute atomic E-state index is 0.0765. The average Bonchev–Trinajstić information content (AvgIpc) is 2.52. The van der Waals surface area contributed by atoms with Gasteiger partial charge in [0, 0.05) is 18.0 Å². The third-order valence-corrected chi connectivity index (χ3v) is 5.92. The first-order chi connectivity index (χ1) is 11.4. The predicted octanol–water partition coefficient (Wildman–Crippen LogP) is 2.59. The van der Waals surface area contributed by atoms with Crippen LogP contribution < -0.4 is 10.6 Å². The number of nitrogens with one attached hydrogen (secondary N) is 2. The van der Waals surface area contributed by atoms with Crippen LogP contribution in [0.1, 0.15) is 44.2 Å². The highest BCUT2D eigenvalue weighted by Crippen LogP contribution is 2.37. The van der Waals surface area contributed by atoms with E-state index in [4.69, 9.17) is 0 Å². The molecule has 4 nitrogen and oxygen atoms in total. The Morgan fingerprint density at radius 2 is 2.08 bits per heavy atom. The molecule has 1 heterocycles. The van der Waals surface area contributed by atoms with Crippen LogP contribution in [0, 0.1) is 24.7 Å². The van der Waals surface area contributed by atoms with E-state index in [0.29, 0.717) is 18.3 Å². The van der Waals surface area contributed by atoms with E-state index < -0.39 is 0 Å². The molecule has 4 heteroatoms. The Labute approximate surface area is 144 Å². The first-order valence-corrected chi connectivity index (χ1v) is 9.09. The Balaban J connectivity index is 1.56. The summed E-state index contributed by atoms with van der Waals surface area (Å²) in [6.07, 6.45) is 3.36. The molecule has 1 aliphatic carbocycles. The van der Waals surface area contributed by atoms with E-state index in [1.807, 2.05) is 32.0 Å². The third kappa shape index (κ3) is 3.63. The van der Waals surface area contributed by atoms with E-state index in [2.05, 4.69) is 23.6 Å². The van der Waals surface area contributed by atoms with Gasteiger partial charge in [-0.05, 0) is 43.6 Å². The maximum atomic E-state index is 12.3. The van der Waals surface area contributed by atoms with Gasteiger partial charge >= 0.3 is 0 Å². The van der Waals surface area contributed by atoms with Crippen LogP contribution in [0.5, 0.6) is 0 Å². The number of carbonyl (C=O) groups excluding carboxylic acids is 2. The molecule has 2 aliphatic rings. The minimum Gasteiger partial charge on any atom is -0.353 e. The van der Waals surface area contributed by atoms with E-state index in [1.165, 1.54) is 5.56 Å². The van der Waals surface area contributed by atoms with Crippen molar-refractivity contribution in [3.05, 3.63) is 35.4 Å². The first-order valence-electron chi connectivity index (χ1n) is 9.09. The van der Waals surface area contributed by atoms with Crippen molar-refractivity contribution in [3.63, 3.8) is 0 Å². The average molecular weight is 328 g/mol. The summed E-state index contributed by atoms with van der Waals surface area (Å²) >= 11 is 0. The molecular formula is C20H28N2O2. The lowest BCUT2D eigenvalue weighted by Crippen LogP contribution is -2.57. The fourth-order valence-electron chi connectivity index (χ4n) is 4.33. The number of piperidine rings is 1. The van der Waals surface area contributed by atoms with Gasteiger partial charge in [0.2, 0.25) is 11.8 Å². The first kappa shape index (κ1) is 17.0. The number of aryl methyl sites for hydroxylation is 1. The molecular weight excluding hydrogens is 300 g/mol. The molecule has 130 valence electrons. The SMILES string of the molecule is Cc1cccc(CC(=O)NC2CCC3C(C2)NC(=O)C(C)C3C)c1. The second-order valence-electron chi connectivity index (χ2n) is 7.67. The van der Waals surface area contributed by atoms with Gasteiger partial charge in [-0.2, -0.15) is 0 Å². The maximum Gasteiger partial charge on any atom is 0.224 e. The molecule has 1 aliphatic heterocycles. The van der Waals surface area contributed by atoms with Crippen LogP contribution in [0.25, 0.3) is 0 Å². The minimum atomic E-state index is 0.0765. The molecule has 5 atom stereocenters. The normalized spacial score (nSPS) is 32.6. The molecule has 0 bridgehead atoms. The molecule has 5 unspecified atom stereocenters. The molecule has 2 N–H and O–H groups in total. The fraction of sp³-hybridized carbons (Fsp3) is 0.600. The molecule has 0 spiro atoms. The second-order valence-corrected chi connectivity index (χ2v) is 7.67. The van der Waals surface area contributed by atoms with Crippen LogP contribution >= 0.6 is 0 Å². The van der Waals surface area contributed by atoms with Crippen molar-refractivity contribution in [2.75, 3.05) is 0 Å². The Morgan fingerprint density at radius 1 is 1.29 bits per heavy atom. The Bertz CT molecular complexity index is 628. The summed E-state index contributed by atoms with van der Waals surface area (Å²) in [7, 11) is 0. The molecule has 1 saturated heterocycles. The molecule has 2 amide bonds. The van der Waals surface area contributed by atoms with Crippen LogP contribution in [0.2, 0.25) is 0 Å². The molecule has 24 heavy (non-hydrogen) atoms. The van der Waals surface area contributed by atoms with Gasteiger partial charge in [-0.25, -0.2) is 0 Å². The molecule has 1 aromatic rings.